The Kier molecular flexibility index (Phi) is 5.66. The molecule has 2 amide bonds. The van der Waals surface area contributed by atoms with Crippen LogP contribution in [0.1, 0.15) is 15.2 Å². The number of ether oxygens (including phenoxy) is 1. The SMILES string of the molecule is COC(=O)Nc1ccc(CNC(=O)c2sccc2-c2ccccc2)cc1. The average Bonchev–Trinajstić information content (AvgIpc) is 3.18. The lowest BCUT2D eigenvalue weighted by Crippen LogP contribution is -2.22. The van der Waals surface area contributed by atoms with Gasteiger partial charge in [0.1, 0.15) is 0 Å². The highest BCUT2D eigenvalue weighted by Crippen LogP contribution is 2.28. The third kappa shape index (κ3) is 4.29. The quantitative estimate of drug-likeness (QED) is 0.697. The van der Waals surface area contributed by atoms with Gasteiger partial charge in [0.05, 0.1) is 12.0 Å². The van der Waals surface area contributed by atoms with Gasteiger partial charge < -0.3 is 10.1 Å². The molecule has 0 saturated carbocycles. The molecule has 0 fully saturated rings. The normalized spacial score (nSPS) is 10.2. The van der Waals surface area contributed by atoms with E-state index >= 15 is 0 Å². The minimum absolute atomic E-state index is 0.101. The number of hydrogen-bond acceptors (Lipinski definition) is 4. The zero-order chi connectivity index (χ0) is 18.4. The third-order valence-electron chi connectivity index (χ3n) is 3.80. The summed E-state index contributed by atoms with van der Waals surface area (Å²) < 4.78 is 4.55. The topological polar surface area (TPSA) is 67.4 Å². The summed E-state index contributed by atoms with van der Waals surface area (Å²) in [6.45, 7) is 0.406. The molecule has 0 aliphatic heterocycles. The van der Waals surface area contributed by atoms with Crippen molar-refractivity contribution in [3.8, 4) is 11.1 Å². The van der Waals surface area contributed by atoms with E-state index in [4.69, 9.17) is 0 Å². The summed E-state index contributed by atoms with van der Waals surface area (Å²) in [5.74, 6) is -0.101. The van der Waals surface area contributed by atoms with E-state index in [1.165, 1.54) is 18.4 Å². The number of anilines is 1. The maximum Gasteiger partial charge on any atom is 0.411 e. The van der Waals surface area contributed by atoms with Crippen LogP contribution < -0.4 is 10.6 Å². The Morgan fingerprint density at radius 3 is 2.42 bits per heavy atom. The molecule has 2 N–H and O–H groups in total. The number of benzene rings is 2. The summed E-state index contributed by atoms with van der Waals surface area (Å²) in [7, 11) is 1.31. The van der Waals surface area contributed by atoms with Crippen LogP contribution in [0.4, 0.5) is 10.5 Å². The molecule has 0 unspecified atom stereocenters. The number of hydrogen-bond donors (Lipinski definition) is 2. The van der Waals surface area contributed by atoms with Gasteiger partial charge in [-0.1, -0.05) is 42.5 Å². The van der Waals surface area contributed by atoms with Gasteiger partial charge in [0.25, 0.3) is 5.91 Å². The van der Waals surface area contributed by atoms with Crippen molar-refractivity contribution in [2.24, 2.45) is 0 Å². The lowest BCUT2D eigenvalue weighted by molar-refractivity contribution is 0.0955. The smallest absolute Gasteiger partial charge is 0.411 e. The maximum atomic E-state index is 12.6. The summed E-state index contributed by atoms with van der Waals surface area (Å²) in [5.41, 5.74) is 3.53. The molecule has 1 aromatic heterocycles. The fourth-order valence-corrected chi connectivity index (χ4v) is 3.30. The van der Waals surface area contributed by atoms with E-state index in [1.54, 1.807) is 12.1 Å². The molecular weight excluding hydrogens is 348 g/mol. The Morgan fingerprint density at radius 2 is 1.73 bits per heavy atom. The van der Waals surface area contributed by atoms with E-state index in [-0.39, 0.29) is 5.91 Å². The van der Waals surface area contributed by atoms with Crippen molar-refractivity contribution in [2.75, 3.05) is 12.4 Å². The fraction of sp³-hybridized carbons (Fsp3) is 0.100. The highest BCUT2D eigenvalue weighted by Gasteiger charge is 2.14. The van der Waals surface area contributed by atoms with E-state index in [0.717, 1.165) is 16.7 Å². The first-order valence-corrected chi connectivity index (χ1v) is 8.90. The van der Waals surface area contributed by atoms with Crippen LogP contribution in [0.5, 0.6) is 0 Å². The van der Waals surface area contributed by atoms with Crippen LogP contribution in [0, 0.1) is 0 Å². The summed E-state index contributed by atoms with van der Waals surface area (Å²) in [5, 5.41) is 7.45. The van der Waals surface area contributed by atoms with Crippen molar-refractivity contribution in [3.05, 3.63) is 76.5 Å². The molecule has 0 spiro atoms. The van der Waals surface area contributed by atoms with Crippen molar-refractivity contribution in [3.63, 3.8) is 0 Å². The minimum atomic E-state index is -0.516. The standard InChI is InChI=1S/C20H18N2O3S/c1-25-20(24)22-16-9-7-14(8-10-16)13-21-19(23)18-17(11-12-26-18)15-5-3-2-4-6-15/h2-12H,13H2,1H3,(H,21,23)(H,22,24). The van der Waals surface area contributed by atoms with E-state index in [0.29, 0.717) is 17.1 Å². The first kappa shape index (κ1) is 17.7. The van der Waals surface area contributed by atoms with E-state index in [1.807, 2.05) is 53.9 Å². The monoisotopic (exact) mass is 366 g/mol. The number of thiophene rings is 1. The predicted molar refractivity (Wildman–Crippen MR) is 103 cm³/mol. The van der Waals surface area contributed by atoms with Gasteiger partial charge in [0, 0.05) is 17.8 Å². The van der Waals surface area contributed by atoms with Gasteiger partial charge in [-0.2, -0.15) is 0 Å². The van der Waals surface area contributed by atoms with Crippen LogP contribution in [-0.2, 0) is 11.3 Å². The van der Waals surface area contributed by atoms with Crippen molar-refractivity contribution in [2.45, 2.75) is 6.54 Å². The number of rotatable bonds is 5. The average molecular weight is 366 g/mol. The van der Waals surface area contributed by atoms with Crippen LogP contribution in [-0.4, -0.2) is 19.1 Å². The van der Waals surface area contributed by atoms with Gasteiger partial charge in [0.15, 0.2) is 0 Å². The molecule has 2 aromatic carbocycles. The molecule has 6 heteroatoms. The van der Waals surface area contributed by atoms with Gasteiger partial charge in [-0.05, 0) is 34.7 Å². The predicted octanol–water partition coefficient (Wildman–Crippen LogP) is 4.52. The van der Waals surface area contributed by atoms with Crippen LogP contribution in [0.15, 0.2) is 66.0 Å². The number of nitrogens with one attached hydrogen (secondary N) is 2. The second kappa shape index (κ2) is 8.31. The molecule has 0 radical (unpaired) electrons. The van der Waals surface area contributed by atoms with Gasteiger partial charge in [0.2, 0.25) is 0 Å². The van der Waals surface area contributed by atoms with Gasteiger partial charge in [-0.3, -0.25) is 10.1 Å². The molecule has 3 rings (SSSR count). The second-order valence-corrected chi connectivity index (χ2v) is 6.44. The number of methoxy groups -OCH3 is 1. The van der Waals surface area contributed by atoms with E-state index < -0.39 is 6.09 Å². The van der Waals surface area contributed by atoms with E-state index in [9.17, 15) is 9.59 Å². The van der Waals surface area contributed by atoms with E-state index in [2.05, 4.69) is 15.4 Å². The van der Waals surface area contributed by atoms with Crippen molar-refractivity contribution in [1.29, 1.82) is 0 Å². The molecule has 132 valence electrons. The number of amides is 2. The Balaban J connectivity index is 1.63. The summed E-state index contributed by atoms with van der Waals surface area (Å²) in [6, 6.07) is 19.0. The summed E-state index contributed by atoms with van der Waals surface area (Å²) in [4.78, 5) is 24.4. The van der Waals surface area contributed by atoms with Crippen LogP contribution in [0.3, 0.4) is 0 Å². The van der Waals surface area contributed by atoms with Crippen LogP contribution >= 0.6 is 11.3 Å². The van der Waals surface area contributed by atoms with Crippen molar-refractivity contribution in [1.82, 2.24) is 5.32 Å². The maximum absolute atomic E-state index is 12.6. The Bertz CT molecular complexity index is 889. The molecule has 26 heavy (non-hydrogen) atoms. The molecule has 0 aliphatic carbocycles. The molecule has 5 nitrogen and oxygen atoms in total. The van der Waals surface area contributed by atoms with Gasteiger partial charge >= 0.3 is 6.09 Å². The molecular formula is C20H18N2O3S. The zero-order valence-electron chi connectivity index (χ0n) is 14.2. The van der Waals surface area contributed by atoms with Gasteiger partial charge in [-0.25, -0.2) is 4.79 Å². The molecule has 0 bridgehead atoms. The number of carbonyl (C=O) groups is 2. The fourth-order valence-electron chi connectivity index (χ4n) is 2.47. The lowest BCUT2D eigenvalue weighted by Gasteiger charge is -2.08. The highest BCUT2D eigenvalue weighted by molar-refractivity contribution is 7.12. The Morgan fingerprint density at radius 1 is 1.00 bits per heavy atom. The van der Waals surface area contributed by atoms with Crippen LogP contribution in [0.25, 0.3) is 11.1 Å². The Labute approximate surface area is 155 Å². The molecule has 0 aliphatic rings. The van der Waals surface area contributed by atoms with Crippen LogP contribution in [0.2, 0.25) is 0 Å². The van der Waals surface area contributed by atoms with Crippen molar-refractivity contribution >= 4 is 29.0 Å². The third-order valence-corrected chi connectivity index (χ3v) is 4.71. The van der Waals surface area contributed by atoms with Crippen molar-refractivity contribution < 1.29 is 14.3 Å². The molecule has 0 atom stereocenters. The molecule has 1 heterocycles. The summed E-state index contributed by atoms with van der Waals surface area (Å²) in [6.07, 6.45) is -0.516. The zero-order valence-corrected chi connectivity index (χ0v) is 15.0. The largest absolute Gasteiger partial charge is 0.453 e. The Hall–Kier alpha value is -3.12. The minimum Gasteiger partial charge on any atom is -0.453 e. The summed E-state index contributed by atoms with van der Waals surface area (Å²) >= 11 is 1.43. The molecule has 0 saturated heterocycles. The number of carbonyl (C=O) groups excluding carboxylic acids is 2. The second-order valence-electron chi connectivity index (χ2n) is 5.53. The van der Waals surface area contributed by atoms with Gasteiger partial charge in [-0.15, -0.1) is 11.3 Å². The lowest BCUT2D eigenvalue weighted by atomic mass is 10.1. The first-order valence-electron chi connectivity index (χ1n) is 8.02. The molecule has 3 aromatic rings. The first-order chi connectivity index (χ1) is 12.7. The highest BCUT2D eigenvalue weighted by atomic mass is 32.1.